The fourth-order valence-corrected chi connectivity index (χ4v) is 2.72. The number of fused-ring (bicyclic) bond motifs is 1. The van der Waals surface area contributed by atoms with Crippen LogP contribution in [-0.2, 0) is 6.54 Å². The Hall–Kier alpha value is -2.50. The summed E-state index contributed by atoms with van der Waals surface area (Å²) in [6.45, 7) is 4.08. The van der Waals surface area contributed by atoms with Gasteiger partial charge in [0.2, 0.25) is 0 Å². The Kier molecular flexibility index (Phi) is 4.50. The molecule has 122 valence electrons. The number of carbonyl (C=O) groups is 1. The number of hydrogen-bond donors (Lipinski definition) is 1. The molecule has 6 nitrogen and oxygen atoms in total. The number of urea groups is 1. The highest BCUT2D eigenvalue weighted by molar-refractivity contribution is 5.74. The van der Waals surface area contributed by atoms with Crippen LogP contribution in [0.1, 0.15) is 23.6 Å². The predicted octanol–water partition coefficient (Wildman–Crippen LogP) is 2.36. The highest BCUT2D eigenvalue weighted by Gasteiger charge is 2.26. The summed E-state index contributed by atoms with van der Waals surface area (Å²) in [7, 11) is 1.82. The van der Waals surface area contributed by atoms with Crippen LogP contribution >= 0.6 is 0 Å². The van der Waals surface area contributed by atoms with Crippen molar-refractivity contribution in [2.45, 2.75) is 25.9 Å². The normalized spacial score (nSPS) is 15.8. The van der Waals surface area contributed by atoms with E-state index in [9.17, 15) is 4.79 Å². The quantitative estimate of drug-likeness (QED) is 0.921. The van der Waals surface area contributed by atoms with Crippen molar-refractivity contribution in [3.8, 4) is 5.75 Å². The Morgan fingerprint density at radius 3 is 3.17 bits per heavy atom. The standard InChI is InChI=1S/C17H22N4O2/c1-13-4-5-16-14(10-13)15(11-23-16)19-17(22)20(2)7-3-8-21-9-6-18-12-21/h4-6,9-10,12,15H,3,7-8,11H2,1-2H3,(H,19,22)/t15-/m1/s1. The van der Waals surface area contributed by atoms with Crippen molar-refractivity contribution >= 4 is 6.03 Å². The average molecular weight is 314 g/mol. The van der Waals surface area contributed by atoms with E-state index in [2.05, 4.69) is 16.4 Å². The third-order valence-corrected chi connectivity index (χ3v) is 4.06. The van der Waals surface area contributed by atoms with E-state index in [0.29, 0.717) is 13.2 Å². The van der Waals surface area contributed by atoms with Crippen molar-refractivity contribution in [2.24, 2.45) is 0 Å². The molecule has 23 heavy (non-hydrogen) atoms. The number of ether oxygens (including phenoxy) is 1. The van der Waals surface area contributed by atoms with E-state index in [4.69, 9.17) is 4.74 Å². The van der Waals surface area contributed by atoms with E-state index in [0.717, 1.165) is 24.3 Å². The van der Waals surface area contributed by atoms with Crippen LogP contribution in [-0.4, -0.2) is 40.7 Å². The molecule has 0 bridgehead atoms. The molecule has 2 heterocycles. The van der Waals surface area contributed by atoms with E-state index in [1.54, 1.807) is 17.4 Å². The maximum Gasteiger partial charge on any atom is 0.317 e. The maximum atomic E-state index is 12.3. The first-order chi connectivity index (χ1) is 11.1. The van der Waals surface area contributed by atoms with Gasteiger partial charge in [0.05, 0.1) is 12.4 Å². The lowest BCUT2D eigenvalue weighted by Crippen LogP contribution is -2.40. The molecular weight excluding hydrogens is 292 g/mol. The molecule has 2 amide bonds. The van der Waals surface area contributed by atoms with Gasteiger partial charge in [-0.3, -0.25) is 0 Å². The molecule has 1 aromatic heterocycles. The van der Waals surface area contributed by atoms with E-state index in [1.165, 1.54) is 5.56 Å². The lowest BCUT2D eigenvalue weighted by Gasteiger charge is -2.20. The molecule has 3 rings (SSSR count). The Morgan fingerprint density at radius 2 is 2.39 bits per heavy atom. The lowest BCUT2D eigenvalue weighted by molar-refractivity contribution is 0.199. The van der Waals surface area contributed by atoms with Crippen molar-refractivity contribution in [1.82, 2.24) is 19.8 Å². The van der Waals surface area contributed by atoms with Gasteiger partial charge >= 0.3 is 6.03 Å². The number of benzene rings is 1. The molecule has 0 fully saturated rings. The summed E-state index contributed by atoms with van der Waals surface area (Å²) in [5.41, 5.74) is 2.23. The first-order valence-corrected chi connectivity index (χ1v) is 7.84. The van der Waals surface area contributed by atoms with Crippen molar-refractivity contribution in [1.29, 1.82) is 0 Å². The molecule has 6 heteroatoms. The number of aryl methyl sites for hydroxylation is 2. The van der Waals surface area contributed by atoms with Crippen molar-refractivity contribution in [2.75, 3.05) is 20.2 Å². The van der Waals surface area contributed by atoms with Crippen LogP contribution in [0.2, 0.25) is 0 Å². The Balaban J connectivity index is 1.50. The maximum absolute atomic E-state index is 12.3. The van der Waals surface area contributed by atoms with Gasteiger partial charge in [0.15, 0.2) is 0 Å². The number of rotatable bonds is 5. The molecule has 0 saturated heterocycles. The minimum absolute atomic E-state index is 0.0708. The second-order valence-electron chi connectivity index (χ2n) is 5.93. The van der Waals surface area contributed by atoms with Crippen molar-refractivity contribution < 1.29 is 9.53 Å². The zero-order valence-electron chi connectivity index (χ0n) is 13.5. The molecule has 0 saturated carbocycles. The van der Waals surface area contributed by atoms with Gasteiger partial charge in [-0.1, -0.05) is 17.7 Å². The summed E-state index contributed by atoms with van der Waals surface area (Å²) in [5.74, 6) is 0.865. The Labute approximate surface area is 136 Å². The number of carbonyl (C=O) groups excluding carboxylic acids is 1. The number of imidazole rings is 1. The highest BCUT2D eigenvalue weighted by atomic mass is 16.5. The molecule has 1 aromatic carbocycles. The molecule has 0 radical (unpaired) electrons. The van der Waals surface area contributed by atoms with E-state index in [1.807, 2.05) is 36.9 Å². The third-order valence-electron chi connectivity index (χ3n) is 4.06. The molecule has 1 aliphatic rings. The SMILES string of the molecule is Cc1ccc2c(c1)[C@H](NC(=O)N(C)CCCn1ccnc1)CO2. The number of nitrogens with one attached hydrogen (secondary N) is 1. The van der Waals surface area contributed by atoms with Gasteiger partial charge in [-0.2, -0.15) is 0 Å². The molecule has 0 spiro atoms. The van der Waals surface area contributed by atoms with Gasteiger partial charge in [-0.25, -0.2) is 9.78 Å². The summed E-state index contributed by atoms with van der Waals surface area (Å²) in [4.78, 5) is 18.0. The molecule has 0 unspecified atom stereocenters. The van der Waals surface area contributed by atoms with Crippen molar-refractivity contribution in [3.05, 3.63) is 48.0 Å². The van der Waals surface area contributed by atoms with E-state index < -0.39 is 0 Å². The van der Waals surface area contributed by atoms with Gasteiger partial charge in [0.25, 0.3) is 0 Å². The summed E-state index contributed by atoms with van der Waals surface area (Å²) >= 11 is 0. The molecule has 1 N–H and O–H groups in total. The Morgan fingerprint density at radius 1 is 1.52 bits per heavy atom. The monoisotopic (exact) mass is 314 g/mol. The Bertz CT molecular complexity index is 669. The van der Waals surface area contributed by atoms with Gasteiger partial charge in [-0.15, -0.1) is 0 Å². The zero-order chi connectivity index (χ0) is 16.2. The summed E-state index contributed by atoms with van der Waals surface area (Å²) in [6, 6.07) is 5.91. The van der Waals surface area contributed by atoms with Crippen LogP contribution in [0.5, 0.6) is 5.75 Å². The second kappa shape index (κ2) is 6.73. The molecule has 0 aliphatic carbocycles. The van der Waals surface area contributed by atoms with Gasteiger partial charge in [0, 0.05) is 38.1 Å². The van der Waals surface area contributed by atoms with Crippen LogP contribution in [0.3, 0.4) is 0 Å². The first kappa shape index (κ1) is 15.4. The zero-order valence-corrected chi connectivity index (χ0v) is 13.5. The van der Waals surface area contributed by atoms with Crippen molar-refractivity contribution in [3.63, 3.8) is 0 Å². The topological polar surface area (TPSA) is 59.4 Å². The van der Waals surface area contributed by atoms with Crippen LogP contribution in [0.25, 0.3) is 0 Å². The van der Waals surface area contributed by atoms with Gasteiger partial charge in [-0.05, 0) is 19.4 Å². The summed E-state index contributed by atoms with van der Waals surface area (Å²) < 4.78 is 7.64. The van der Waals surface area contributed by atoms with Gasteiger partial charge < -0.3 is 19.5 Å². The van der Waals surface area contributed by atoms with Crippen LogP contribution in [0, 0.1) is 6.92 Å². The summed E-state index contributed by atoms with van der Waals surface area (Å²) in [6.07, 6.45) is 6.36. The van der Waals surface area contributed by atoms with Gasteiger partial charge in [0.1, 0.15) is 12.4 Å². The average Bonchev–Trinajstić information content (AvgIpc) is 3.17. The van der Waals surface area contributed by atoms with Crippen LogP contribution in [0.15, 0.2) is 36.9 Å². The fourth-order valence-electron chi connectivity index (χ4n) is 2.72. The molecule has 1 atom stereocenters. The molecule has 1 aliphatic heterocycles. The minimum Gasteiger partial charge on any atom is -0.491 e. The highest BCUT2D eigenvalue weighted by Crippen LogP contribution is 2.32. The smallest absolute Gasteiger partial charge is 0.317 e. The second-order valence-corrected chi connectivity index (χ2v) is 5.93. The summed E-state index contributed by atoms with van der Waals surface area (Å²) in [5, 5.41) is 3.05. The van der Waals surface area contributed by atoms with E-state index in [-0.39, 0.29) is 12.1 Å². The molecule has 2 aromatic rings. The van der Waals surface area contributed by atoms with Crippen LogP contribution in [0.4, 0.5) is 4.79 Å². The first-order valence-electron chi connectivity index (χ1n) is 7.84. The van der Waals surface area contributed by atoms with Crippen LogP contribution < -0.4 is 10.1 Å². The van der Waals surface area contributed by atoms with E-state index >= 15 is 0 Å². The lowest BCUT2D eigenvalue weighted by atomic mass is 10.1. The number of nitrogens with zero attached hydrogens (tertiary/aromatic N) is 3. The number of amides is 2. The molecular formula is C17H22N4O2. The number of hydrogen-bond acceptors (Lipinski definition) is 3. The predicted molar refractivity (Wildman–Crippen MR) is 87.4 cm³/mol. The number of aromatic nitrogens is 2. The fraction of sp³-hybridized carbons (Fsp3) is 0.412. The minimum atomic E-state index is -0.0755. The largest absolute Gasteiger partial charge is 0.491 e. The third kappa shape index (κ3) is 3.64.